The Morgan fingerprint density at radius 1 is 0.938 bits per heavy atom. The highest BCUT2D eigenvalue weighted by Crippen LogP contribution is 2.65. The fourth-order valence-corrected chi connectivity index (χ4v) is 15.8. The van der Waals surface area contributed by atoms with Crippen molar-refractivity contribution in [3.05, 3.63) is 153 Å². The van der Waals surface area contributed by atoms with Crippen molar-refractivity contribution in [2.24, 2.45) is 40.7 Å². The predicted molar refractivity (Wildman–Crippen MR) is 360 cm³/mol. The van der Waals surface area contributed by atoms with Gasteiger partial charge in [0.2, 0.25) is 17.5 Å². The maximum Gasteiger partial charge on any atom is 0.405 e. The molecule has 520 valence electrons. The molecule has 8 N–H and O–H groups in total. The number of fused-ring (bicyclic) bond motifs is 6. The number of phenolic OH excluding ortho intramolecular Hbond substituents is 1. The molecule has 21 heteroatoms. The van der Waals surface area contributed by atoms with Gasteiger partial charge < -0.3 is 56.0 Å². The van der Waals surface area contributed by atoms with E-state index in [0.717, 1.165) is 44.6 Å². The van der Waals surface area contributed by atoms with Crippen LogP contribution in [0.4, 0.5) is 13.6 Å². The molecule has 5 aliphatic carbocycles. The van der Waals surface area contributed by atoms with Crippen molar-refractivity contribution >= 4 is 29.5 Å². The second kappa shape index (κ2) is 32.6. The standard InChI is InChI=1S/C75H99F2N7O12/c1-9-16-62(93-7)67(88)45(3)39-46(4)69(96-73(78)92)63(94-8)20-15-17-44(2)71(90)81-59-42-61(86)66(47(5)68(59)89)79-35-13-10-14-36-80-72(91)50-23-21-48(22-24-50)40-52-18-11-12-19-60-70(75(52,76)77)82-83-84(60)37-38-95-54-29-25-49(26-30-54)57-43-74(6)58(33-34-64(74)87)56-31-27-51-41-53(85)28-32-55(51)65(56)57/h15,20-26,28-30,32,39,41-42,44-45,52,56-58,62-65,67,69,79,85,87-88H,9-14,16-19,27,31,33-38,40,43H2,1-8H3,(H2,78,92)(H,80,91)(H,81,90)/b20-15-,46-39+/t44?,45-,52?,56?,57+,58?,62-,63-,64-,65?,67+,69-,74-/m0/s1. The van der Waals surface area contributed by atoms with Crippen LogP contribution in [0.3, 0.4) is 0 Å². The quantitative estimate of drug-likeness (QED) is 0.0145. The third-order valence-electron chi connectivity index (χ3n) is 21.2. The van der Waals surface area contributed by atoms with Gasteiger partial charge in [0, 0.05) is 62.3 Å². The van der Waals surface area contributed by atoms with Crippen molar-refractivity contribution in [3.63, 3.8) is 0 Å². The number of aromatic hydroxyl groups is 1. The van der Waals surface area contributed by atoms with Crippen LogP contribution in [0.25, 0.3) is 0 Å². The number of nitrogens with two attached hydrogens (primary N) is 1. The molecular weight excluding hydrogens is 1230 g/mol. The number of nitrogens with zero attached hydrogens (tertiary/aromatic N) is 3. The van der Waals surface area contributed by atoms with E-state index in [0.29, 0.717) is 110 Å². The number of aromatic nitrogens is 3. The molecule has 19 nitrogen and oxygen atoms in total. The molecule has 3 amide bonds. The number of hydrogen-bond acceptors (Lipinski definition) is 15. The van der Waals surface area contributed by atoms with Gasteiger partial charge in [-0.3, -0.25) is 19.2 Å². The van der Waals surface area contributed by atoms with Crippen LogP contribution < -0.4 is 26.4 Å². The lowest BCUT2D eigenvalue weighted by Crippen LogP contribution is -2.47. The molecule has 0 bridgehead atoms. The highest BCUT2D eigenvalue weighted by molar-refractivity contribution is 6.23. The number of carbonyl (C=O) groups is 5. The largest absolute Gasteiger partial charge is 0.508 e. The topological polar surface area (TPSA) is 276 Å². The SMILES string of the molecule is CCC[C@H](OC)[C@H](O)[C@@H](C)/C=C(\C)[C@H](OC(N)=O)[C@H](/C=C\CC(C)C(=O)NC1=CC(=O)C(NCCCCCNC(=O)c2ccc(CC3CCCCc4c(nnn4CCOc4ccc([C@H]5C[C@@]6(C)C(CC[C@@H]6O)C6CCc7cc(O)ccc7C65)cc4)C3(F)F)cc2)=C(C)C1=O)OC. The second-order valence-corrected chi connectivity index (χ2v) is 27.5. The molecule has 0 aliphatic heterocycles. The van der Waals surface area contributed by atoms with E-state index >= 15 is 8.78 Å². The molecule has 0 saturated heterocycles. The number of aryl methyl sites for hydroxylation is 1. The van der Waals surface area contributed by atoms with Crippen molar-refractivity contribution in [3.8, 4) is 11.5 Å². The van der Waals surface area contributed by atoms with Gasteiger partial charge >= 0.3 is 6.09 Å². The molecule has 96 heavy (non-hydrogen) atoms. The van der Waals surface area contributed by atoms with Crippen molar-refractivity contribution in [1.82, 2.24) is 30.9 Å². The first kappa shape index (κ1) is 72.7. The minimum absolute atomic E-state index is 0.0932. The van der Waals surface area contributed by atoms with Gasteiger partial charge in [0.25, 0.3) is 11.8 Å². The number of Topliss-reactive ketones (excluding diaryl/α,β-unsaturated/α-hetero) is 1. The summed E-state index contributed by atoms with van der Waals surface area (Å²) in [6.45, 7) is 12.2. The number of phenols is 1. The summed E-state index contributed by atoms with van der Waals surface area (Å²) >= 11 is 0. The molecule has 0 radical (unpaired) electrons. The zero-order valence-corrected chi connectivity index (χ0v) is 56.9. The molecule has 2 saturated carbocycles. The third kappa shape index (κ3) is 16.9. The number of aliphatic hydroxyl groups excluding tert-OH is 2. The number of hydrogen-bond donors (Lipinski definition) is 7. The number of primary amides is 1. The number of ketones is 2. The number of allylic oxidation sites excluding steroid dienone is 3. The first-order valence-corrected chi connectivity index (χ1v) is 34.5. The van der Waals surface area contributed by atoms with Gasteiger partial charge in [-0.1, -0.05) is 94.3 Å². The van der Waals surface area contributed by atoms with Crippen molar-refractivity contribution in [1.29, 1.82) is 0 Å². The van der Waals surface area contributed by atoms with E-state index in [2.05, 4.69) is 51.4 Å². The summed E-state index contributed by atoms with van der Waals surface area (Å²) in [5.41, 5.74) is 11.0. The number of unbranched alkanes of at least 4 members (excludes halogenated alkanes) is 2. The Hall–Kier alpha value is -7.59. The smallest absolute Gasteiger partial charge is 0.405 e. The summed E-state index contributed by atoms with van der Waals surface area (Å²) in [5.74, 6) is -4.69. The fraction of sp³-hybridized carbons (Fsp3) is 0.560. The van der Waals surface area contributed by atoms with E-state index in [9.17, 15) is 39.3 Å². The molecular formula is C75H99F2N7O12. The van der Waals surface area contributed by atoms with Crippen LogP contribution in [0.5, 0.6) is 11.5 Å². The van der Waals surface area contributed by atoms with Crippen LogP contribution in [0.1, 0.15) is 181 Å². The minimum Gasteiger partial charge on any atom is -0.508 e. The number of benzene rings is 3. The van der Waals surface area contributed by atoms with Crippen LogP contribution in [0.2, 0.25) is 0 Å². The lowest BCUT2D eigenvalue weighted by Gasteiger charge is -2.54. The van der Waals surface area contributed by atoms with Crippen molar-refractivity contribution in [2.75, 3.05) is 33.9 Å². The van der Waals surface area contributed by atoms with Gasteiger partial charge in [0.05, 0.1) is 41.9 Å². The van der Waals surface area contributed by atoms with Crippen LogP contribution in [0.15, 0.2) is 114 Å². The molecule has 1 aromatic heterocycles. The Balaban J connectivity index is 0.688. The molecule has 4 aromatic rings. The van der Waals surface area contributed by atoms with E-state index in [1.165, 1.54) is 30.7 Å². The average molecular weight is 1330 g/mol. The Morgan fingerprint density at radius 2 is 1.69 bits per heavy atom. The highest BCUT2D eigenvalue weighted by Gasteiger charge is 2.58. The number of nitrogens with one attached hydrogen (secondary N) is 3. The summed E-state index contributed by atoms with van der Waals surface area (Å²) in [7, 11) is 2.98. The maximum atomic E-state index is 16.6. The minimum atomic E-state index is -3.25. The van der Waals surface area contributed by atoms with Crippen LogP contribution in [-0.2, 0) is 60.3 Å². The molecule has 3 aromatic carbocycles. The number of alkyl halides is 2. The number of amides is 3. The van der Waals surface area contributed by atoms with Crippen LogP contribution in [0, 0.1) is 35.0 Å². The van der Waals surface area contributed by atoms with Gasteiger partial charge in [-0.05, 0) is 197 Å². The fourth-order valence-electron chi connectivity index (χ4n) is 15.8. The van der Waals surface area contributed by atoms with Gasteiger partial charge in [-0.15, -0.1) is 5.10 Å². The van der Waals surface area contributed by atoms with Gasteiger partial charge in [0.1, 0.15) is 24.2 Å². The summed E-state index contributed by atoms with van der Waals surface area (Å²) in [4.78, 5) is 65.1. The summed E-state index contributed by atoms with van der Waals surface area (Å²) in [5, 5.41) is 49.5. The Kier molecular flexibility index (Phi) is 24.7. The monoisotopic (exact) mass is 1330 g/mol. The molecule has 5 aliphatic rings. The van der Waals surface area contributed by atoms with E-state index in [1.807, 2.05) is 32.0 Å². The van der Waals surface area contributed by atoms with Gasteiger partial charge in [-0.2, -0.15) is 8.78 Å². The second-order valence-electron chi connectivity index (χ2n) is 27.5. The Morgan fingerprint density at radius 3 is 2.41 bits per heavy atom. The molecule has 2 fully saturated rings. The van der Waals surface area contributed by atoms with Gasteiger partial charge in [-0.25, -0.2) is 9.48 Å². The number of ether oxygens (including phenoxy) is 4. The Bertz CT molecular complexity index is 3510. The van der Waals surface area contributed by atoms with Crippen molar-refractivity contribution in [2.45, 2.75) is 199 Å². The van der Waals surface area contributed by atoms with E-state index in [4.69, 9.17) is 24.7 Å². The predicted octanol–water partition coefficient (Wildman–Crippen LogP) is 11.1. The number of halogens is 2. The summed E-state index contributed by atoms with van der Waals surface area (Å²) in [6.07, 6.45) is 12.4. The molecule has 1 heterocycles. The number of methoxy groups -OCH3 is 2. The van der Waals surface area contributed by atoms with Crippen LogP contribution in [-0.4, -0.2) is 124 Å². The maximum absolute atomic E-state index is 16.6. The van der Waals surface area contributed by atoms with E-state index in [-0.39, 0.29) is 89.9 Å². The molecule has 5 unspecified atom stereocenters. The zero-order valence-electron chi connectivity index (χ0n) is 56.9. The summed E-state index contributed by atoms with van der Waals surface area (Å²) in [6, 6.07) is 20.8. The lowest BCUT2D eigenvalue weighted by atomic mass is 9.51. The first-order valence-electron chi connectivity index (χ1n) is 34.5. The zero-order chi connectivity index (χ0) is 69.0. The summed E-state index contributed by atoms with van der Waals surface area (Å²) < 4.78 is 57.6. The molecule has 0 spiro atoms. The highest BCUT2D eigenvalue weighted by atomic mass is 19.3. The van der Waals surface area contributed by atoms with Crippen LogP contribution >= 0.6 is 0 Å². The Labute approximate surface area is 563 Å². The molecule has 9 rings (SSSR count). The van der Waals surface area contributed by atoms with E-state index in [1.54, 1.807) is 74.2 Å². The first-order chi connectivity index (χ1) is 46.0. The van der Waals surface area contributed by atoms with E-state index < -0.39 is 59.6 Å². The normalized spacial score (nSPS) is 24.4. The average Bonchev–Trinajstić information content (AvgIpc) is 1.38. The lowest BCUT2D eigenvalue weighted by molar-refractivity contribution is -0.125. The van der Waals surface area contributed by atoms with Gasteiger partial charge in [0.15, 0.2) is 11.8 Å². The number of aliphatic hydroxyl groups is 2. The number of rotatable bonds is 30. The molecule has 13 atom stereocenters. The number of carbonyl (C=O) groups excluding carboxylic acids is 5. The van der Waals surface area contributed by atoms with Crippen molar-refractivity contribution < 1.29 is 67.0 Å². The third-order valence-corrected chi connectivity index (χ3v) is 21.2.